The molecule has 2 aliphatic rings. The van der Waals surface area contributed by atoms with Gasteiger partial charge in [-0.1, -0.05) is 42.5 Å². The van der Waals surface area contributed by atoms with Crippen LogP contribution in [-0.2, 0) is 19.1 Å². The number of benzene rings is 2. The number of hydrogen-bond acceptors (Lipinski definition) is 8. The molecule has 1 unspecified atom stereocenters. The van der Waals surface area contributed by atoms with Gasteiger partial charge in [0.1, 0.15) is 17.8 Å². The Hall–Kier alpha value is -4.84. The Bertz CT molecular complexity index is 1480. The van der Waals surface area contributed by atoms with Gasteiger partial charge in [0.15, 0.2) is 0 Å². The summed E-state index contributed by atoms with van der Waals surface area (Å²) in [5.41, 5.74) is 0.576. The van der Waals surface area contributed by atoms with Crippen molar-refractivity contribution in [2.45, 2.75) is 31.2 Å². The van der Waals surface area contributed by atoms with Crippen LogP contribution in [0.4, 0.5) is 0 Å². The molecule has 12 heteroatoms. The molecule has 2 aliphatic heterocycles. The largest absolute Gasteiger partial charge is 0.434 e. The summed E-state index contributed by atoms with van der Waals surface area (Å²) in [7, 11) is 0. The highest BCUT2D eigenvalue weighted by molar-refractivity contribution is 6.06. The highest BCUT2D eigenvalue weighted by Crippen LogP contribution is 2.18. The lowest BCUT2D eigenvalue weighted by Crippen LogP contribution is -2.58. The molecule has 12 nitrogen and oxygen atoms in total. The molecule has 4 amide bonds. The fourth-order valence-electron chi connectivity index (χ4n) is 5.01. The molecule has 2 saturated heterocycles. The first-order valence-electron chi connectivity index (χ1n) is 13.2. The maximum Gasteiger partial charge on any atom is 0.310 e. The highest BCUT2D eigenvalue weighted by Gasteiger charge is 2.37. The van der Waals surface area contributed by atoms with Crippen molar-refractivity contribution < 1.29 is 33.8 Å². The zero-order valence-corrected chi connectivity index (χ0v) is 22.1. The van der Waals surface area contributed by atoms with Crippen molar-refractivity contribution in [3.05, 3.63) is 78.1 Å². The first-order valence-corrected chi connectivity index (χ1v) is 13.2. The zero-order chi connectivity index (χ0) is 28.9. The second kappa shape index (κ2) is 12.1. The number of cyclic esters (lactones) is 1. The first kappa shape index (κ1) is 27.7. The van der Waals surface area contributed by atoms with Gasteiger partial charge >= 0.3 is 5.97 Å². The zero-order valence-electron chi connectivity index (χ0n) is 22.1. The van der Waals surface area contributed by atoms with E-state index in [1.807, 2.05) is 12.1 Å². The Balaban J connectivity index is 1.37. The summed E-state index contributed by atoms with van der Waals surface area (Å²) >= 11 is 0. The molecule has 0 bridgehead atoms. The van der Waals surface area contributed by atoms with Crippen molar-refractivity contribution in [1.29, 1.82) is 0 Å². The van der Waals surface area contributed by atoms with E-state index in [2.05, 4.69) is 20.4 Å². The number of amides is 4. The molecule has 0 radical (unpaired) electrons. The summed E-state index contributed by atoms with van der Waals surface area (Å²) < 4.78 is 4.66. The SMILES string of the molecule is O=C(CN1CCCN(C(=O)c2ccccc2)C[C@H](NC(=O)c2nccc3ccccc23)C1=O)N[C@H]1CC(=O)OC1O. The van der Waals surface area contributed by atoms with Gasteiger partial charge in [-0.15, -0.1) is 0 Å². The number of ether oxygens (including phenoxy) is 1. The van der Waals surface area contributed by atoms with E-state index in [0.717, 1.165) is 5.39 Å². The van der Waals surface area contributed by atoms with Crippen molar-refractivity contribution in [3.63, 3.8) is 0 Å². The van der Waals surface area contributed by atoms with Crippen LogP contribution in [0.3, 0.4) is 0 Å². The van der Waals surface area contributed by atoms with Crippen molar-refractivity contribution in [1.82, 2.24) is 25.4 Å². The van der Waals surface area contributed by atoms with Gasteiger partial charge in [0, 0.05) is 30.2 Å². The van der Waals surface area contributed by atoms with Crippen LogP contribution in [0.1, 0.15) is 33.7 Å². The molecule has 212 valence electrons. The van der Waals surface area contributed by atoms with Gasteiger partial charge in [-0.3, -0.25) is 29.0 Å². The predicted octanol–water partition coefficient (Wildman–Crippen LogP) is 0.458. The molecule has 3 atom stereocenters. The lowest BCUT2D eigenvalue weighted by atomic mass is 10.1. The minimum absolute atomic E-state index is 0.120. The number of aliphatic hydroxyl groups is 1. The van der Waals surface area contributed by atoms with E-state index in [1.54, 1.807) is 48.5 Å². The average Bonchev–Trinajstić information content (AvgIpc) is 3.29. The molecule has 0 saturated carbocycles. The second-order valence-corrected chi connectivity index (χ2v) is 9.90. The Morgan fingerprint density at radius 2 is 1.73 bits per heavy atom. The van der Waals surface area contributed by atoms with E-state index in [9.17, 15) is 29.1 Å². The molecule has 41 heavy (non-hydrogen) atoms. The Kier molecular flexibility index (Phi) is 8.20. The molecule has 5 rings (SSSR count). The normalized spacial score (nSPS) is 21.1. The van der Waals surface area contributed by atoms with E-state index >= 15 is 0 Å². The van der Waals surface area contributed by atoms with Gasteiger partial charge in [-0.25, -0.2) is 0 Å². The van der Waals surface area contributed by atoms with E-state index in [1.165, 1.54) is 16.0 Å². The maximum absolute atomic E-state index is 13.8. The standard InChI is InChI=1S/C29H29N5O7/c35-23(31-21-15-24(36)41-29(21)40)17-34-14-6-13-33(27(38)19-8-2-1-3-9-19)16-22(28(34)39)32-26(37)25-20-10-5-4-7-18(20)11-12-30-25/h1-5,7-12,21-22,29,40H,6,13-17H2,(H,31,35)(H,32,37)/t21-,22-,29?/m0/s1. The van der Waals surface area contributed by atoms with Gasteiger partial charge in [0.2, 0.25) is 18.1 Å². The quantitative estimate of drug-likeness (QED) is 0.368. The monoisotopic (exact) mass is 559 g/mol. The van der Waals surface area contributed by atoms with Crippen LogP contribution < -0.4 is 10.6 Å². The third kappa shape index (κ3) is 6.33. The van der Waals surface area contributed by atoms with Crippen molar-refractivity contribution in [3.8, 4) is 0 Å². The fourth-order valence-corrected chi connectivity index (χ4v) is 5.01. The molecule has 2 fully saturated rings. The Labute approximate surface area is 235 Å². The second-order valence-electron chi connectivity index (χ2n) is 9.90. The van der Waals surface area contributed by atoms with E-state index in [-0.39, 0.29) is 44.2 Å². The van der Waals surface area contributed by atoms with Crippen LogP contribution in [0.15, 0.2) is 66.9 Å². The minimum Gasteiger partial charge on any atom is -0.434 e. The number of aliphatic hydroxyl groups excluding tert-OH is 1. The summed E-state index contributed by atoms with van der Waals surface area (Å²) in [6.45, 7) is -0.0827. The van der Waals surface area contributed by atoms with Crippen LogP contribution >= 0.6 is 0 Å². The highest BCUT2D eigenvalue weighted by atomic mass is 16.6. The third-order valence-electron chi connectivity index (χ3n) is 7.03. The molecule has 2 aromatic carbocycles. The number of nitrogens with zero attached hydrogens (tertiary/aromatic N) is 3. The smallest absolute Gasteiger partial charge is 0.310 e. The molecule has 0 spiro atoms. The van der Waals surface area contributed by atoms with Crippen molar-refractivity contribution in [2.24, 2.45) is 0 Å². The number of nitrogens with one attached hydrogen (secondary N) is 2. The predicted molar refractivity (Wildman–Crippen MR) is 145 cm³/mol. The first-order chi connectivity index (χ1) is 19.8. The van der Waals surface area contributed by atoms with E-state index < -0.39 is 42.1 Å². The van der Waals surface area contributed by atoms with Gasteiger partial charge < -0.3 is 30.3 Å². The van der Waals surface area contributed by atoms with Crippen molar-refractivity contribution >= 4 is 40.4 Å². The molecule has 3 heterocycles. The summed E-state index contributed by atoms with van der Waals surface area (Å²) in [5, 5.41) is 16.5. The van der Waals surface area contributed by atoms with Crippen LogP contribution in [0.2, 0.25) is 0 Å². The molecule has 1 aromatic heterocycles. The lowest BCUT2D eigenvalue weighted by Gasteiger charge is -2.35. The number of esters is 1. The van der Waals surface area contributed by atoms with Gasteiger partial charge in [-0.2, -0.15) is 0 Å². The number of carbonyl (C=O) groups is 5. The molecule has 0 aliphatic carbocycles. The van der Waals surface area contributed by atoms with Gasteiger partial charge in [-0.05, 0) is 30.0 Å². The summed E-state index contributed by atoms with van der Waals surface area (Å²) in [5.74, 6) is -2.68. The number of pyridine rings is 1. The van der Waals surface area contributed by atoms with Crippen LogP contribution in [-0.4, -0.2) is 94.0 Å². The van der Waals surface area contributed by atoms with Crippen LogP contribution in [0.25, 0.3) is 10.8 Å². The minimum atomic E-state index is -1.47. The summed E-state index contributed by atoms with van der Waals surface area (Å²) in [6, 6.07) is 15.5. The average molecular weight is 560 g/mol. The summed E-state index contributed by atoms with van der Waals surface area (Å²) in [4.78, 5) is 71.8. The fraction of sp³-hybridized carbons (Fsp3) is 0.310. The Morgan fingerprint density at radius 3 is 2.49 bits per heavy atom. The molecule has 3 N–H and O–H groups in total. The number of rotatable bonds is 6. The van der Waals surface area contributed by atoms with Crippen molar-refractivity contribution in [2.75, 3.05) is 26.2 Å². The summed E-state index contributed by atoms with van der Waals surface area (Å²) in [6.07, 6.45) is 0.239. The molecular formula is C29H29N5O7. The lowest BCUT2D eigenvalue weighted by molar-refractivity contribution is -0.155. The van der Waals surface area contributed by atoms with E-state index in [0.29, 0.717) is 17.4 Å². The molecular weight excluding hydrogens is 530 g/mol. The Morgan fingerprint density at radius 1 is 0.976 bits per heavy atom. The van der Waals surface area contributed by atoms with Crippen LogP contribution in [0, 0.1) is 0 Å². The van der Waals surface area contributed by atoms with E-state index in [4.69, 9.17) is 0 Å². The number of carbonyl (C=O) groups excluding carboxylic acids is 5. The van der Waals surface area contributed by atoms with Crippen LogP contribution in [0.5, 0.6) is 0 Å². The molecule has 3 aromatic rings. The van der Waals surface area contributed by atoms with Gasteiger partial charge in [0.05, 0.1) is 19.5 Å². The van der Waals surface area contributed by atoms with Gasteiger partial charge in [0.25, 0.3) is 11.8 Å². The number of aromatic nitrogens is 1. The maximum atomic E-state index is 13.8. The third-order valence-corrected chi connectivity index (χ3v) is 7.03. The topological polar surface area (TPSA) is 158 Å². The number of fused-ring (bicyclic) bond motifs is 1. The number of hydrogen-bond donors (Lipinski definition) is 3.